The summed E-state index contributed by atoms with van der Waals surface area (Å²) in [6, 6.07) is 8.45. The molecule has 1 N–H and O–H groups in total. The number of pyridine rings is 1. The van der Waals surface area contributed by atoms with Gasteiger partial charge < -0.3 is 9.67 Å². The number of aliphatic hydroxyl groups excluding tert-OH is 1. The third-order valence-corrected chi connectivity index (χ3v) is 8.43. The van der Waals surface area contributed by atoms with Crippen LogP contribution in [0.4, 0.5) is 13.2 Å². The van der Waals surface area contributed by atoms with Crippen LogP contribution in [0.2, 0.25) is 0 Å². The molecular formula is C29H33F3N6O2. The second kappa shape index (κ2) is 10.2. The Bertz CT molecular complexity index is 1580. The minimum Gasteiger partial charge on any atom is -0.393 e. The van der Waals surface area contributed by atoms with Crippen molar-refractivity contribution in [1.82, 2.24) is 28.6 Å². The second-order valence-electron chi connectivity index (χ2n) is 11.5. The van der Waals surface area contributed by atoms with Crippen LogP contribution in [-0.2, 0) is 19.8 Å². The highest BCUT2D eigenvalue weighted by atomic mass is 19.4. The Morgan fingerprint density at radius 2 is 1.98 bits per heavy atom. The molecule has 212 valence electrons. The standard InChI is InChI=1S/C29H33F3N6O2/c1-18-5-4-8-36(13-18)14-19-9-24(29(30,31)32)25-16-37(28(40)38(25)15-19)22-7-3-6-20(10-22)26(21-11-23(39)12-21)27-34-33-17-35(27)2/h3,6-7,9-10,15-18,21,23,26,39H,4-5,8,11-14H2,1-2H3/t18-,21?,23?,26-/m0/s1. The average molecular weight is 555 g/mol. The van der Waals surface area contributed by atoms with E-state index < -0.39 is 17.4 Å². The Balaban J connectivity index is 1.42. The van der Waals surface area contributed by atoms with Crippen molar-refractivity contribution in [3.8, 4) is 5.69 Å². The minimum atomic E-state index is -4.61. The lowest BCUT2D eigenvalue weighted by Crippen LogP contribution is -2.34. The van der Waals surface area contributed by atoms with Gasteiger partial charge in [-0.3, -0.25) is 13.9 Å². The van der Waals surface area contributed by atoms with E-state index in [-0.39, 0.29) is 23.5 Å². The number of likely N-dealkylation sites (tertiary alicyclic amines) is 1. The van der Waals surface area contributed by atoms with Crippen LogP contribution >= 0.6 is 0 Å². The minimum absolute atomic E-state index is 0.134. The smallest absolute Gasteiger partial charge is 0.393 e. The van der Waals surface area contributed by atoms with Crippen LogP contribution in [0, 0.1) is 11.8 Å². The van der Waals surface area contributed by atoms with Crippen LogP contribution in [0.5, 0.6) is 0 Å². The summed E-state index contributed by atoms with van der Waals surface area (Å²) in [6.07, 6.45) is 2.82. The van der Waals surface area contributed by atoms with Gasteiger partial charge in [0.1, 0.15) is 12.2 Å². The molecule has 0 radical (unpaired) electrons. The summed E-state index contributed by atoms with van der Waals surface area (Å²) in [5.41, 5.74) is 0.253. The van der Waals surface area contributed by atoms with Crippen molar-refractivity contribution in [3.05, 3.63) is 82.1 Å². The Labute approximate surface area is 229 Å². The van der Waals surface area contributed by atoms with Gasteiger partial charge in [-0.2, -0.15) is 13.2 Å². The summed E-state index contributed by atoms with van der Waals surface area (Å²) in [6.45, 7) is 4.17. The predicted molar refractivity (Wildman–Crippen MR) is 143 cm³/mol. The number of aryl methyl sites for hydroxylation is 1. The van der Waals surface area contributed by atoms with Crippen molar-refractivity contribution in [2.75, 3.05) is 13.1 Å². The molecule has 2 fully saturated rings. The molecule has 1 saturated carbocycles. The maximum Gasteiger partial charge on any atom is 0.418 e. The summed E-state index contributed by atoms with van der Waals surface area (Å²) >= 11 is 0. The summed E-state index contributed by atoms with van der Waals surface area (Å²) in [4.78, 5) is 15.8. The molecule has 8 nitrogen and oxygen atoms in total. The van der Waals surface area contributed by atoms with Crippen molar-refractivity contribution < 1.29 is 18.3 Å². The van der Waals surface area contributed by atoms with Crippen LogP contribution in [0.3, 0.4) is 0 Å². The molecule has 40 heavy (non-hydrogen) atoms. The van der Waals surface area contributed by atoms with Crippen LogP contribution in [0.15, 0.2) is 53.8 Å². The molecule has 0 spiro atoms. The second-order valence-corrected chi connectivity index (χ2v) is 11.5. The number of hydrogen-bond donors (Lipinski definition) is 1. The van der Waals surface area contributed by atoms with Crippen molar-refractivity contribution in [1.29, 1.82) is 0 Å². The van der Waals surface area contributed by atoms with Crippen LogP contribution in [0.25, 0.3) is 11.2 Å². The Hall–Kier alpha value is -3.44. The summed E-state index contributed by atoms with van der Waals surface area (Å²) < 4.78 is 47.0. The van der Waals surface area contributed by atoms with E-state index in [2.05, 4.69) is 22.0 Å². The molecule has 6 rings (SSSR count). The molecule has 11 heteroatoms. The number of hydrogen-bond acceptors (Lipinski definition) is 5. The van der Waals surface area contributed by atoms with Crippen molar-refractivity contribution in [3.63, 3.8) is 0 Å². The highest BCUT2D eigenvalue weighted by Crippen LogP contribution is 2.43. The molecule has 0 bridgehead atoms. The van der Waals surface area contributed by atoms with E-state index in [9.17, 15) is 23.1 Å². The van der Waals surface area contributed by atoms with Gasteiger partial charge in [-0.1, -0.05) is 19.1 Å². The number of nitrogens with zero attached hydrogens (tertiary/aromatic N) is 6. The molecule has 1 aromatic carbocycles. The number of rotatable bonds is 6. The lowest BCUT2D eigenvalue weighted by Gasteiger charge is -2.37. The van der Waals surface area contributed by atoms with Gasteiger partial charge in [-0.15, -0.1) is 10.2 Å². The molecule has 4 aromatic rings. The first-order chi connectivity index (χ1) is 19.1. The zero-order chi connectivity index (χ0) is 28.2. The number of imidazole rings is 1. The van der Waals surface area contributed by atoms with E-state index in [0.717, 1.165) is 41.7 Å². The topological polar surface area (TPSA) is 80.6 Å². The molecule has 1 aliphatic carbocycles. The Kier molecular flexibility index (Phi) is 6.82. The largest absolute Gasteiger partial charge is 0.418 e. The summed E-state index contributed by atoms with van der Waals surface area (Å²) in [5, 5.41) is 18.3. The molecule has 3 aromatic heterocycles. The maximum absolute atomic E-state index is 14.2. The Morgan fingerprint density at radius 3 is 2.65 bits per heavy atom. The third kappa shape index (κ3) is 4.96. The fourth-order valence-corrected chi connectivity index (χ4v) is 6.41. The predicted octanol–water partition coefficient (Wildman–Crippen LogP) is 4.37. The molecular weight excluding hydrogens is 521 g/mol. The first-order valence-electron chi connectivity index (χ1n) is 13.8. The maximum atomic E-state index is 14.2. The van der Waals surface area contributed by atoms with Gasteiger partial charge in [-0.05, 0) is 73.4 Å². The van der Waals surface area contributed by atoms with Crippen LogP contribution in [-0.4, -0.2) is 52.9 Å². The highest BCUT2D eigenvalue weighted by Gasteiger charge is 2.38. The molecule has 2 aliphatic rings. The SMILES string of the molecule is C[C@H]1CCCN(Cc2cc(C(F)(F)F)c3cn(-c4cccc([C@H](c5nncn5C)C5CC(O)C5)c4)c(=O)n3c2)C1. The van der Waals surface area contributed by atoms with Gasteiger partial charge in [0.15, 0.2) is 0 Å². The van der Waals surface area contributed by atoms with Crippen molar-refractivity contribution in [2.45, 2.75) is 57.3 Å². The van der Waals surface area contributed by atoms with E-state index in [1.54, 1.807) is 24.7 Å². The number of halogens is 3. The zero-order valence-electron chi connectivity index (χ0n) is 22.6. The Morgan fingerprint density at radius 1 is 1.18 bits per heavy atom. The monoisotopic (exact) mass is 554 g/mol. The average Bonchev–Trinajstić information content (AvgIpc) is 3.45. The van der Waals surface area contributed by atoms with E-state index in [1.807, 2.05) is 23.7 Å². The molecule has 1 aliphatic heterocycles. The summed E-state index contributed by atoms with van der Waals surface area (Å²) in [5.74, 6) is 1.19. The number of fused-ring (bicyclic) bond motifs is 1. The first kappa shape index (κ1) is 26.8. The number of aromatic nitrogens is 5. The van der Waals surface area contributed by atoms with E-state index in [4.69, 9.17) is 0 Å². The quantitative estimate of drug-likeness (QED) is 0.383. The van der Waals surface area contributed by atoms with Gasteiger partial charge in [0.05, 0.1) is 22.9 Å². The van der Waals surface area contributed by atoms with E-state index in [1.165, 1.54) is 16.8 Å². The molecule has 1 saturated heterocycles. The number of benzene rings is 1. The summed E-state index contributed by atoms with van der Waals surface area (Å²) in [7, 11) is 1.85. The molecule has 0 amide bonds. The highest BCUT2D eigenvalue weighted by molar-refractivity contribution is 5.58. The number of piperidine rings is 1. The molecule has 2 atom stereocenters. The lowest BCUT2D eigenvalue weighted by atomic mass is 9.71. The first-order valence-corrected chi connectivity index (χ1v) is 13.8. The molecule has 0 unspecified atom stereocenters. The van der Waals surface area contributed by atoms with Crippen LogP contribution in [0.1, 0.15) is 61.0 Å². The fourth-order valence-electron chi connectivity index (χ4n) is 6.41. The van der Waals surface area contributed by atoms with Gasteiger partial charge >= 0.3 is 11.9 Å². The fraction of sp³-hybridized carbons (Fsp3) is 0.483. The van der Waals surface area contributed by atoms with Crippen LogP contribution < -0.4 is 5.69 Å². The lowest BCUT2D eigenvalue weighted by molar-refractivity contribution is -0.136. The normalized spacial score (nSPS) is 22.9. The van der Waals surface area contributed by atoms with E-state index in [0.29, 0.717) is 36.6 Å². The van der Waals surface area contributed by atoms with Crippen molar-refractivity contribution in [2.24, 2.45) is 18.9 Å². The number of aliphatic hydroxyl groups is 1. The molecule has 4 heterocycles. The van der Waals surface area contributed by atoms with Gasteiger partial charge in [0.25, 0.3) is 0 Å². The third-order valence-electron chi connectivity index (χ3n) is 8.43. The van der Waals surface area contributed by atoms with Gasteiger partial charge in [0.2, 0.25) is 0 Å². The zero-order valence-corrected chi connectivity index (χ0v) is 22.6. The van der Waals surface area contributed by atoms with Gasteiger partial charge in [0, 0.05) is 38.4 Å². The van der Waals surface area contributed by atoms with Gasteiger partial charge in [-0.25, -0.2) is 4.79 Å². The van der Waals surface area contributed by atoms with Crippen molar-refractivity contribution >= 4 is 5.52 Å². The number of alkyl halides is 3. The van der Waals surface area contributed by atoms with E-state index >= 15 is 0 Å².